The number of nitrogens with one attached hydrogen (secondary N) is 1. The van der Waals surface area contributed by atoms with Crippen molar-refractivity contribution in [2.75, 3.05) is 18.4 Å². The number of amides is 2. The van der Waals surface area contributed by atoms with Crippen LogP contribution in [-0.4, -0.2) is 35.1 Å². The quantitative estimate of drug-likeness (QED) is 0.758. The summed E-state index contributed by atoms with van der Waals surface area (Å²) in [7, 11) is 0. The molecule has 1 heterocycles. The first-order chi connectivity index (χ1) is 9.95. The van der Waals surface area contributed by atoms with Gasteiger partial charge in [0.25, 0.3) is 0 Å². The average molecular weight is 406 g/mol. The number of halogens is 2. The number of carbonyl (C=O) groups excluding carboxylic acids is 1. The van der Waals surface area contributed by atoms with Gasteiger partial charge in [-0.1, -0.05) is 0 Å². The van der Waals surface area contributed by atoms with Crippen molar-refractivity contribution in [1.29, 1.82) is 0 Å². The van der Waals surface area contributed by atoms with Crippen LogP contribution in [0.15, 0.2) is 18.2 Å². The van der Waals surface area contributed by atoms with E-state index < -0.39 is 5.97 Å². The Bertz CT molecular complexity index is 545. The van der Waals surface area contributed by atoms with E-state index in [0.717, 1.165) is 0 Å². The van der Waals surface area contributed by atoms with Gasteiger partial charge in [-0.05, 0) is 59.5 Å². The fourth-order valence-electron chi connectivity index (χ4n) is 2.37. The SMILES string of the molecule is O=C(O)CC1CCN(C(=O)Nc2ccc(F)cc2I)CC1. The Balaban J connectivity index is 1.89. The van der Waals surface area contributed by atoms with E-state index in [0.29, 0.717) is 35.2 Å². The second kappa shape index (κ2) is 7.06. The number of piperidine rings is 1. The van der Waals surface area contributed by atoms with Crippen LogP contribution in [0.25, 0.3) is 0 Å². The van der Waals surface area contributed by atoms with Crippen LogP contribution in [0.5, 0.6) is 0 Å². The number of carbonyl (C=O) groups is 2. The monoisotopic (exact) mass is 406 g/mol. The molecule has 1 aliphatic rings. The minimum atomic E-state index is -0.793. The second-order valence-corrected chi connectivity index (χ2v) is 6.24. The van der Waals surface area contributed by atoms with Gasteiger partial charge in [0.05, 0.1) is 5.69 Å². The molecule has 1 fully saturated rings. The third-order valence-corrected chi connectivity index (χ3v) is 4.43. The molecular formula is C14H16FIN2O3. The molecule has 0 saturated carbocycles. The fourth-order valence-corrected chi connectivity index (χ4v) is 2.98. The second-order valence-electron chi connectivity index (χ2n) is 5.08. The Kier molecular flexibility index (Phi) is 5.38. The van der Waals surface area contributed by atoms with Gasteiger partial charge in [0.15, 0.2) is 0 Å². The molecule has 0 atom stereocenters. The number of anilines is 1. The molecule has 0 radical (unpaired) electrons. The lowest BCUT2D eigenvalue weighted by molar-refractivity contribution is -0.138. The van der Waals surface area contributed by atoms with Gasteiger partial charge in [0.1, 0.15) is 5.82 Å². The summed E-state index contributed by atoms with van der Waals surface area (Å²) in [5.74, 6) is -0.997. The molecule has 0 aliphatic carbocycles. The molecule has 0 aromatic heterocycles. The third kappa shape index (κ3) is 4.55. The molecule has 1 aromatic rings. The first-order valence-corrected chi connectivity index (χ1v) is 7.76. The highest BCUT2D eigenvalue weighted by molar-refractivity contribution is 14.1. The summed E-state index contributed by atoms with van der Waals surface area (Å²) in [6.07, 6.45) is 1.55. The molecule has 0 unspecified atom stereocenters. The summed E-state index contributed by atoms with van der Waals surface area (Å²) in [6.45, 7) is 1.09. The predicted molar refractivity (Wildman–Crippen MR) is 84.7 cm³/mol. The number of aliphatic carboxylic acids is 1. The van der Waals surface area contributed by atoms with E-state index in [9.17, 15) is 14.0 Å². The maximum Gasteiger partial charge on any atom is 0.321 e. The summed E-state index contributed by atoms with van der Waals surface area (Å²) in [5.41, 5.74) is 0.578. The standard InChI is InChI=1S/C14H16FIN2O3/c15-10-1-2-12(11(16)8-10)17-14(21)18-5-3-9(4-6-18)7-13(19)20/h1-2,8-9H,3-7H2,(H,17,21)(H,19,20). The molecule has 114 valence electrons. The van der Waals surface area contributed by atoms with Crippen LogP contribution in [0.3, 0.4) is 0 Å². The van der Waals surface area contributed by atoms with Crippen LogP contribution in [0, 0.1) is 15.3 Å². The van der Waals surface area contributed by atoms with Gasteiger partial charge in [-0.15, -0.1) is 0 Å². The molecule has 1 saturated heterocycles. The molecule has 2 N–H and O–H groups in total. The van der Waals surface area contributed by atoms with Crippen molar-refractivity contribution in [2.45, 2.75) is 19.3 Å². The summed E-state index contributed by atoms with van der Waals surface area (Å²) in [4.78, 5) is 24.5. The van der Waals surface area contributed by atoms with E-state index in [1.54, 1.807) is 4.90 Å². The zero-order valence-corrected chi connectivity index (χ0v) is 13.5. The lowest BCUT2D eigenvalue weighted by Crippen LogP contribution is -2.41. The van der Waals surface area contributed by atoms with E-state index in [-0.39, 0.29) is 24.2 Å². The number of hydrogen-bond donors (Lipinski definition) is 2. The first-order valence-electron chi connectivity index (χ1n) is 6.68. The summed E-state index contributed by atoms with van der Waals surface area (Å²) in [5, 5.41) is 11.5. The zero-order valence-electron chi connectivity index (χ0n) is 11.3. The summed E-state index contributed by atoms with van der Waals surface area (Å²) >= 11 is 1.97. The number of likely N-dealkylation sites (tertiary alicyclic amines) is 1. The number of carboxylic acids is 1. The van der Waals surface area contributed by atoms with Crippen LogP contribution in [-0.2, 0) is 4.79 Å². The number of carboxylic acid groups (broad SMARTS) is 1. The molecular weight excluding hydrogens is 390 g/mol. The Labute approximate surface area is 135 Å². The number of urea groups is 1. The molecule has 0 bridgehead atoms. The van der Waals surface area contributed by atoms with Crippen LogP contribution >= 0.6 is 22.6 Å². The van der Waals surface area contributed by atoms with Gasteiger partial charge in [0, 0.05) is 23.1 Å². The normalized spacial score (nSPS) is 15.8. The van der Waals surface area contributed by atoms with E-state index in [1.165, 1.54) is 18.2 Å². The van der Waals surface area contributed by atoms with Crippen LogP contribution in [0.4, 0.5) is 14.9 Å². The molecule has 1 aromatic carbocycles. The minimum absolute atomic E-state index is 0.137. The van der Waals surface area contributed by atoms with Crippen molar-refractivity contribution >= 4 is 40.3 Å². The van der Waals surface area contributed by atoms with Gasteiger partial charge in [-0.2, -0.15) is 0 Å². The van der Waals surface area contributed by atoms with E-state index in [4.69, 9.17) is 5.11 Å². The molecule has 7 heteroatoms. The lowest BCUT2D eigenvalue weighted by Gasteiger charge is -2.31. The average Bonchev–Trinajstić information content (AvgIpc) is 2.42. The number of rotatable bonds is 3. The van der Waals surface area contributed by atoms with Crippen LogP contribution in [0.1, 0.15) is 19.3 Å². The maximum absolute atomic E-state index is 13.0. The minimum Gasteiger partial charge on any atom is -0.481 e. The smallest absolute Gasteiger partial charge is 0.321 e. The Morgan fingerprint density at radius 1 is 1.38 bits per heavy atom. The Morgan fingerprint density at radius 3 is 2.62 bits per heavy atom. The van der Waals surface area contributed by atoms with Crippen molar-refractivity contribution in [1.82, 2.24) is 4.90 Å². The van der Waals surface area contributed by atoms with Gasteiger partial charge in [-0.25, -0.2) is 9.18 Å². The third-order valence-electron chi connectivity index (χ3n) is 3.54. The van der Waals surface area contributed by atoms with Crippen LogP contribution < -0.4 is 5.32 Å². The highest BCUT2D eigenvalue weighted by Crippen LogP contribution is 2.23. The molecule has 5 nitrogen and oxygen atoms in total. The molecule has 2 rings (SSSR count). The van der Waals surface area contributed by atoms with Gasteiger partial charge < -0.3 is 15.3 Å². The van der Waals surface area contributed by atoms with Gasteiger partial charge in [-0.3, -0.25) is 4.79 Å². The fraction of sp³-hybridized carbons (Fsp3) is 0.429. The topological polar surface area (TPSA) is 69.6 Å². The van der Waals surface area contributed by atoms with E-state index >= 15 is 0 Å². The molecule has 0 spiro atoms. The van der Waals surface area contributed by atoms with Crippen molar-refractivity contribution in [3.05, 3.63) is 27.6 Å². The number of hydrogen-bond acceptors (Lipinski definition) is 2. The van der Waals surface area contributed by atoms with Crippen molar-refractivity contribution in [3.63, 3.8) is 0 Å². The van der Waals surface area contributed by atoms with Crippen molar-refractivity contribution in [3.8, 4) is 0 Å². The number of nitrogens with zero attached hydrogens (tertiary/aromatic N) is 1. The number of benzene rings is 1. The molecule has 1 aliphatic heterocycles. The predicted octanol–water partition coefficient (Wildman–Crippen LogP) is 3.15. The van der Waals surface area contributed by atoms with E-state index in [2.05, 4.69) is 5.32 Å². The lowest BCUT2D eigenvalue weighted by atomic mass is 9.94. The van der Waals surface area contributed by atoms with Gasteiger partial charge >= 0.3 is 12.0 Å². The maximum atomic E-state index is 13.0. The van der Waals surface area contributed by atoms with E-state index in [1.807, 2.05) is 22.6 Å². The highest BCUT2D eigenvalue weighted by atomic mass is 127. The first kappa shape index (κ1) is 16.0. The summed E-state index contributed by atoms with van der Waals surface area (Å²) in [6, 6.07) is 3.96. The van der Waals surface area contributed by atoms with Crippen molar-refractivity contribution in [2.24, 2.45) is 5.92 Å². The molecule has 21 heavy (non-hydrogen) atoms. The Hall–Kier alpha value is -1.38. The van der Waals surface area contributed by atoms with Crippen LogP contribution in [0.2, 0.25) is 0 Å². The highest BCUT2D eigenvalue weighted by Gasteiger charge is 2.24. The zero-order chi connectivity index (χ0) is 15.4. The summed E-state index contributed by atoms with van der Waals surface area (Å²) < 4.78 is 13.7. The van der Waals surface area contributed by atoms with Crippen molar-refractivity contribution < 1.29 is 19.1 Å². The Morgan fingerprint density at radius 2 is 2.05 bits per heavy atom. The van der Waals surface area contributed by atoms with Gasteiger partial charge in [0.2, 0.25) is 0 Å². The molecule has 2 amide bonds. The largest absolute Gasteiger partial charge is 0.481 e.